The highest BCUT2D eigenvalue weighted by Gasteiger charge is 2.15. The second-order valence-corrected chi connectivity index (χ2v) is 6.32. The van der Waals surface area contributed by atoms with Gasteiger partial charge in [-0.15, -0.1) is 5.10 Å². The summed E-state index contributed by atoms with van der Waals surface area (Å²) in [6.07, 6.45) is 0. The summed E-state index contributed by atoms with van der Waals surface area (Å²) in [5.74, 6) is 1.37. The van der Waals surface area contributed by atoms with Gasteiger partial charge in [0, 0.05) is 11.1 Å². The lowest BCUT2D eigenvalue weighted by Crippen LogP contribution is -1.99. The van der Waals surface area contributed by atoms with E-state index in [1.165, 1.54) is 0 Å². The van der Waals surface area contributed by atoms with E-state index in [9.17, 15) is 0 Å². The molecule has 0 radical (unpaired) electrons. The van der Waals surface area contributed by atoms with Crippen molar-refractivity contribution in [2.75, 3.05) is 0 Å². The van der Waals surface area contributed by atoms with Gasteiger partial charge in [-0.05, 0) is 30.3 Å². The van der Waals surface area contributed by atoms with Crippen molar-refractivity contribution in [2.24, 2.45) is 0 Å². The van der Waals surface area contributed by atoms with E-state index in [-0.39, 0.29) is 0 Å². The Balaban J connectivity index is 1.90. The molecule has 1 heterocycles. The van der Waals surface area contributed by atoms with Gasteiger partial charge in [-0.1, -0.05) is 71.7 Å². The number of nitrogens with zero attached hydrogens (tertiary/aromatic N) is 3. The van der Waals surface area contributed by atoms with Gasteiger partial charge in [0.1, 0.15) is 0 Å². The maximum absolute atomic E-state index is 6.15. The zero-order valence-electron chi connectivity index (χ0n) is 13.1. The fourth-order valence-electron chi connectivity index (χ4n) is 2.59. The number of aromatic nitrogens is 3. The van der Waals surface area contributed by atoms with Crippen LogP contribution in [0.15, 0.2) is 78.9 Å². The minimum Gasteiger partial charge on any atom is -0.213 e. The average molecular weight is 366 g/mol. The molecule has 0 aliphatic heterocycles. The number of hydrogen-bond donors (Lipinski definition) is 0. The molecule has 25 heavy (non-hydrogen) atoms. The van der Waals surface area contributed by atoms with Crippen LogP contribution in [0.25, 0.3) is 28.5 Å². The topological polar surface area (TPSA) is 30.7 Å². The van der Waals surface area contributed by atoms with E-state index in [0.29, 0.717) is 15.9 Å². The molecule has 0 saturated carbocycles. The van der Waals surface area contributed by atoms with E-state index in [0.717, 1.165) is 22.6 Å². The highest BCUT2D eigenvalue weighted by Crippen LogP contribution is 2.29. The number of para-hydroxylation sites is 1. The second kappa shape index (κ2) is 6.71. The smallest absolute Gasteiger partial charge is 0.182 e. The third kappa shape index (κ3) is 3.16. The molecule has 0 aliphatic rings. The van der Waals surface area contributed by atoms with Gasteiger partial charge in [-0.25, -0.2) is 9.67 Å². The Kier molecular flexibility index (Phi) is 4.26. The molecule has 0 bridgehead atoms. The van der Waals surface area contributed by atoms with Crippen LogP contribution in [0, 0.1) is 0 Å². The summed E-state index contributed by atoms with van der Waals surface area (Å²) in [5.41, 5.74) is 2.76. The van der Waals surface area contributed by atoms with E-state index >= 15 is 0 Å². The highest BCUT2D eigenvalue weighted by molar-refractivity contribution is 6.42. The first-order valence-electron chi connectivity index (χ1n) is 7.76. The van der Waals surface area contributed by atoms with Crippen molar-refractivity contribution in [2.45, 2.75) is 0 Å². The van der Waals surface area contributed by atoms with Crippen LogP contribution in [0.4, 0.5) is 0 Å². The normalized spacial score (nSPS) is 10.8. The van der Waals surface area contributed by atoms with Crippen LogP contribution in [-0.4, -0.2) is 14.8 Å². The van der Waals surface area contributed by atoms with Gasteiger partial charge >= 0.3 is 0 Å². The maximum atomic E-state index is 6.15. The quantitative estimate of drug-likeness (QED) is 0.451. The van der Waals surface area contributed by atoms with E-state index in [1.807, 2.05) is 71.4 Å². The standard InChI is InChI=1S/C20H13Cl2N3/c21-17-12-11-15(13-18(17)22)19-23-20(14-7-3-1-4-8-14)25(24-19)16-9-5-2-6-10-16/h1-13H. The third-order valence-corrected chi connectivity index (χ3v) is 4.56. The van der Waals surface area contributed by atoms with Gasteiger partial charge in [-0.3, -0.25) is 0 Å². The summed E-state index contributed by atoms with van der Waals surface area (Å²) < 4.78 is 1.84. The van der Waals surface area contributed by atoms with Crippen molar-refractivity contribution < 1.29 is 0 Å². The summed E-state index contributed by atoms with van der Waals surface area (Å²) in [7, 11) is 0. The van der Waals surface area contributed by atoms with Crippen molar-refractivity contribution in [1.29, 1.82) is 0 Å². The molecule has 3 nitrogen and oxygen atoms in total. The Hall–Kier alpha value is -2.62. The Morgan fingerprint density at radius 3 is 2.04 bits per heavy atom. The molecule has 0 fully saturated rings. The fourth-order valence-corrected chi connectivity index (χ4v) is 2.89. The molecule has 122 valence electrons. The molecule has 5 heteroatoms. The Labute approximate surface area is 155 Å². The number of benzene rings is 3. The predicted molar refractivity (Wildman–Crippen MR) is 102 cm³/mol. The largest absolute Gasteiger partial charge is 0.213 e. The minimum absolute atomic E-state index is 0.483. The first kappa shape index (κ1) is 15.9. The van der Waals surface area contributed by atoms with Gasteiger partial charge in [0.25, 0.3) is 0 Å². The Morgan fingerprint density at radius 2 is 1.36 bits per heavy atom. The van der Waals surface area contributed by atoms with E-state index in [2.05, 4.69) is 0 Å². The zero-order valence-corrected chi connectivity index (χ0v) is 14.6. The van der Waals surface area contributed by atoms with Crippen molar-refractivity contribution in [3.63, 3.8) is 0 Å². The lowest BCUT2D eigenvalue weighted by Gasteiger charge is -2.05. The number of halogens is 2. The summed E-state index contributed by atoms with van der Waals surface area (Å²) in [4.78, 5) is 4.75. The van der Waals surface area contributed by atoms with Gasteiger partial charge in [0.05, 0.1) is 15.7 Å². The molecule has 0 saturated heterocycles. The molecule has 3 aromatic carbocycles. The first-order valence-corrected chi connectivity index (χ1v) is 8.51. The van der Waals surface area contributed by atoms with E-state index in [4.69, 9.17) is 33.3 Å². The molecule has 4 aromatic rings. The highest BCUT2D eigenvalue weighted by atomic mass is 35.5. The minimum atomic E-state index is 0.483. The summed E-state index contributed by atoms with van der Waals surface area (Å²) >= 11 is 12.2. The van der Waals surface area contributed by atoms with Gasteiger partial charge in [0.2, 0.25) is 0 Å². The molecular formula is C20H13Cl2N3. The molecule has 0 atom stereocenters. The Morgan fingerprint density at radius 1 is 0.680 bits per heavy atom. The van der Waals surface area contributed by atoms with Crippen molar-refractivity contribution >= 4 is 23.2 Å². The van der Waals surface area contributed by atoms with Crippen LogP contribution in [0.5, 0.6) is 0 Å². The molecule has 0 unspecified atom stereocenters. The van der Waals surface area contributed by atoms with Crippen LogP contribution in [0.3, 0.4) is 0 Å². The molecule has 0 spiro atoms. The second-order valence-electron chi connectivity index (χ2n) is 5.50. The van der Waals surface area contributed by atoms with Crippen LogP contribution >= 0.6 is 23.2 Å². The molecular weight excluding hydrogens is 353 g/mol. The van der Waals surface area contributed by atoms with Crippen molar-refractivity contribution in [1.82, 2.24) is 14.8 Å². The summed E-state index contributed by atoms with van der Waals surface area (Å²) in [6.45, 7) is 0. The monoisotopic (exact) mass is 365 g/mol. The third-order valence-electron chi connectivity index (χ3n) is 3.82. The van der Waals surface area contributed by atoms with Gasteiger partial charge in [-0.2, -0.15) is 0 Å². The van der Waals surface area contributed by atoms with Crippen molar-refractivity contribution in [3.8, 4) is 28.5 Å². The molecule has 4 rings (SSSR count). The average Bonchev–Trinajstić information content (AvgIpc) is 3.11. The predicted octanol–water partition coefficient (Wildman–Crippen LogP) is 5.91. The van der Waals surface area contributed by atoms with Crippen LogP contribution in [0.2, 0.25) is 10.0 Å². The lowest BCUT2D eigenvalue weighted by atomic mass is 10.2. The SMILES string of the molecule is Clc1ccc(-c2nc(-c3ccccc3)n(-c3ccccc3)n2)cc1Cl. The Bertz CT molecular complexity index is 955. The fraction of sp³-hybridized carbons (Fsp3) is 0. The summed E-state index contributed by atoms with van der Waals surface area (Å²) in [6, 6.07) is 25.3. The summed E-state index contributed by atoms with van der Waals surface area (Å²) in [5, 5.41) is 5.69. The number of hydrogen-bond acceptors (Lipinski definition) is 2. The molecule has 0 N–H and O–H groups in total. The van der Waals surface area contributed by atoms with Crippen molar-refractivity contribution in [3.05, 3.63) is 88.9 Å². The van der Waals surface area contributed by atoms with Gasteiger partial charge in [0.15, 0.2) is 11.6 Å². The van der Waals surface area contributed by atoms with Crippen LogP contribution in [-0.2, 0) is 0 Å². The maximum Gasteiger partial charge on any atom is 0.182 e. The molecule has 1 aromatic heterocycles. The first-order chi connectivity index (χ1) is 12.2. The zero-order chi connectivity index (χ0) is 17.2. The van der Waals surface area contributed by atoms with Crippen LogP contribution in [0.1, 0.15) is 0 Å². The van der Waals surface area contributed by atoms with Crippen LogP contribution < -0.4 is 0 Å². The van der Waals surface area contributed by atoms with E-state index in [1.54, 1.807) is 12.1 Å². The molecule has 0 amide bonds. The lowest BCUT2D eigenvalue weighted by molar-refractivity contribution is 0.890. The number of rotatable bonds is 3. The van der Waals surface area contributed by atoms with E-state index < -0.39 is 0 Å². The van der Waals surface area contributed by atoms with Gasteiger partial charge < -0.3 is 0 Å². The molecule has 0 aliphatic carbocycles.